The second kappa shape index (κ2) is 5.82. The Kier molecular flexibility index (Phi) is 4.05. The van der Waals surface area contributed by atoms with E-state index in [0.29, 0.717) is 18.5 Å². The Morgan fingerprint density at radius 2 is 1.96 bits per heavy atom. The highest BCUT2D eigenvalue weighted by Gasteiger charge is 2.56. The van der Waals surface area contributed by atoms with Crippen molar-refractivity contribution in [1.82, 2.24) is 4.90 Å². The van der Waals surface area contributed by atoms with Gasteiger partial charge in [0.1, 0.15) is 0 Å². The molecular formula is C18H22N2O5. The average Bonchev–Trinajstić information content (AvgIpc) is 3.12. The number of hydrogen-bond acceptors (Lipinski definition) is 4. The first-order chi connectivity index (χ1) is 11.7. The molecule has 1 aliphatic heterocycles. The zero-order chi connectivity index (χ0) is 18.4. The fourth-order valence-electron chi connectivity index (χ4n) is 4.31. The van der Waals surface area contributed by atoms with Gasteiger partial charge in [0.2, 0.25) is 5.91 Å². The van der Waals surface area contributed by atoms with E-state index in [1.807, 2.05) is 0 Å². The van der Waals surface area contributed by atoms with Crippen molar-refractivity contribution in [3.8, 4) is 0 Å². The highest BCUT2D eigenvalue weighted by Crippen LogP contribution is 2.49. The maximum Gasteiger partial charge on any atom is 0.311 e. The van der Waals surface area contributed by atoms with Gasteiger partial charge in [-0.05, 0) is 38.2 Å². The van der Waals surface area contributed by atoms with Crippen LogP contribution in [0, 0.1) is 21.4 Å². The number of likely N-dealkylation sites (tertiary alicyclic amines) is 1. The molecule has 3 rings (SSSR count). The van der Waals surface area contributed by atoms with E-state index >= 15 is 0 Å². The van der Waals surface area contributed by atoms with Gasteiger partial charge in [0.15, 0.2) is 0 Å². The molecule has 2 aliphatic rings. The summed E-state index contributed by atoms with van der Waals surface area (Å²) in [6, 6.07) is 5.98. The van der Waals surface area contributed by atoms with Crippen LogP contribution >= 0.6 is 0 Å². The van der Waals surface area contributed by atoms with Crippen LogP contribution < -0.4 is 0 Å². The molecule has 2 fully saturated rings. The van der Waals surface area contributed by atoms with E-state index < -0.39 is 21.7 Å². The molecule has 1 amide bonds. The Balaban J connectivity index is 1.82. The molecule has 1 heterocycles. The van der Waals surface area contributed by atoms with Gasteiger partial charge in [0, 0.05) is 25.2 Å². The molecule has 1 aliphatic carbocycles. The summed E-state index contributed by atoms with van der Waals surface area (Å²) in [7, 11) is 0. The number of nitro groups is 1. The lowest BCUT2D eigenvalue weighted by atomic mass is 9.81. The Labute approximate surface area is 145 Å². The monoisotopic (exact) mass is 346 g/mol. The van der Waals surface area contributed by atoms with Crippen molar-refractivity contribution in [3.05, 3.63) is 39.9 Å². The topological polar surface area (TPSA) is 101 Å². The third-order valence-corrected chi connectivity index (χ3v) is 5.92. The van der Waals surface area contributed by atoms with Crippen LogP contribution in [-0.2, 0) is 15.0 Å². The lowest BCUT2D eigenvalue weighted by Gasteiger charge is -2.31. The molecule has 2 atom stereocenters. The summed E-state index contributed by atoms with van der Waals surface area (Å²) in [5.74, 6) is -0.920. The van der Waals surface area contributed by atoms with Gasteiger partial charge in [-0.15, -0.1) is 0 Å². The number of carboxylic acid groups (broad SMARTS) is 1. The van der Waals surface area contributed by atoms with Crippen LogP contribution in [0.4, 0.5) is 5.69 Å². The zero-order valence-electron chi connectivity index (χ0n) is 14.4. The van der Waals surface area contributed by atoms with Crippen LogP contribution in [0.5, 0.6) is 0 Å². The molecule has 0 radical (unpaired) electrons. The Bertz CT molecular complexity index is 727. The van der Waals surface area contributed by atoms with E-state index in [1.54, 1.807) is 30.9 Å². The third-order valence-electron chi connectivity index (χ3n) is 5.92. The number of hydrogen-bond donors (Lipinski definition) is 1. The number of carbonyl (C=O) groups excluding carboxylic acids is 1. The van der Waals surface area contributed by atoms with Gasteiger partial charge in [0.05, 0.1) is 15.8 Å². The first kappa shape index (κ1) is 17.4. The summed E-state index contributed by atoms with van der Waals surface area (Å²) in [5, 5.41) is 20.5. The summed E-state index contributed by atoms with van der Waals surface area (Å²) in [4.78, 5) is 36.9. The number of fused-ring (bicyclic) bond motifs is 1. The number of nitro benzene ring substituents is 1. The third kappa shape index (κ3) is 2.67. The number of benzene rings is 1. The summed E-state index contributed by atoms with van der Waals surface area (Å²) in [6.07, 6.45) is 2.35. The molecule has 0 spiro atoms. The van der Waals surface area contributed by atoms with Crippen LogP contribution in [0.1, 0.15) is 38.7 Å². The zero-order valence-corrected chi connectivity index (χ0v) is 14.4. The number of amides is 1. The fraction of sp³-hybridized carbons (Fsp3) is 0.556. The van der Waals surface area contributed by atoms with E-state index in [-0.39, 0.29) is 24.1 Å². The Hall–Kier alpha value is -2.44. The van der Waals surface area contributed by atoms with E-state index in [0.717, 1.165) is 12.8 Å². The van der Waals surface area contributed by atoms with E-state index in [1.165, 1.54) is 12.1 Å². The van der Waals surface area contributed by atoms with Crippen molar-refractivity contribution >= 4 is 17.6 Å². The molecule has 1 saturated heterocycles. The van der Waals surface area contributed by atoms with Gasteiger partial charge < -0.3 is 10.0 Å². The van der Waals surface area contributed by atoms with Gasteiger partial charge in [0.25, 0.3) is 5.69 Å². The molecule has 1 aromatic rings. The average molecular weight is 346 g/mol. The second-order valence-corrected chi connectivity index (χ2v) is 7.67. The van der Waals surface area contributed by atoms with Gasteiger partial charge in [-0.2, -0.15) is 0 Å². The van der Waals surface area contributed by atoms with E-state index in [2.05, 4.69) is 0 Å². The molecule has 0 bridgehead atoms. The molecule has 0 aromatic heterocycles. The number of carboxylic acids is 1. The highest BCUT2D eigenvalue weighted by molar-refractivity contribution is 5.89. The standard InChI is InChI=1S/C18H22N2O5/c1-17(2,12-5-7-14(8-6-12)20(24)25)15(21)19-10-13-4-3-9-18(13,11-19)16(22)23/h5-8,13H,3-4,9-11H2,1-2H3,(H,22,23)/t13-,18+/m0/s1. The first-order valence-electron chi connectivity index (χ1n) is 8.46. The van der Waals surface area contributed by atoms with Crippen LogP contribution in [0.2, 0.25) is 0 Å². The SMILES string of the molecule is CC(C)(C(=O)N1C[C@@H]2CCC[C@@]2(C(=O)O)C1)c1ccc([N+](=O)[O-])cc1. The highest BCUT2D eigenvalue weighted by atomic mass is 16.6. The van der Waals surface area contributed by atoms with Crippen LogP contribution in [-0.4, -0.2) is 39.9 Å². The quantitative estimate of drug-likeness (QED) is 0.667. The largest absolute Gasteiger partial charge is 0.481 e. The van der Waals surface area contributed by atoms with Gasteiger partial charge in [-0.25, -0.2) is 0 Å². The fourth-order valence-corrected chi connectivity index (χ4v) is 4.31. The lowest BCUT2D eigenvalue weighted by molar-refractivity contribution is -0.384. The van der Waals surface area contributed by atoms with Gasteiger partial charge >= 0.3 is 5.97 Å². The smallest absolute Gasteiger partial charge is 0.311 e. The van der Waals surface area contributed by atoms with E-state index in [9.17, 15) is 24.8 Å². The van der Waals surface area contributed by atoms with Crippen molar-refractivity contribution in [2.75, 3.05) is 13.1 Å². The van der Waals surface area contributed by atoms with E-state index in [4.69, 9.17) is 0 Å². The number of rotatable bonds is 4. The Morgan fingerprint density at radius 1 is 1.32 bits per heavy atom. The second-order valence-electron chi connectivity index (χ2n) is 7.67. The minimum atomic E-state index is -0.868. The number of aliphatic carboxylic acids is 1. The van der Waals surface area contributed by atoms with Crippen LogP contribution in [0.15, 0.2) is 24.3 Å². The van der Waals surface area contributed by atoms with Crippen molar-refractivity contribution in [1.29, 1.82) is 0 Å². The van der Waals surface area contributed by atoms with Crippen molar-refractivity contribution < 1.29 is 19.6 Å². The summed E-state index contributed by atoms with van der Waals surface area (Å²) < 4.78 is 0. The molecule has 1 aromatic carbocycles. The molecule has 1 saturated carbocycles. The summed E-state index contributed by atoms with van der Waals surface area (Å²) in [6.45, 7) is 4.28. The van der Waals surface area contributed by atoms with Crippen molar-refractivity contribution in [2.45, 2.75) is 38.5 Å². The maximum atomic E-state index is 13.1. The first-order valence-corrected chi connectivity index (χ1v) is 8.46. The Morgan fingerprint density at radius 3 is 2.48 bits per heavy atom. The normalized spacial score (nSPS) is 25.7. The van der Waals surface area contributed by atoms with Gasteiger partial charge in [-0.3, -0.25) is 19.7 Å². The maximum absolute atomic E-state index is 13.1. The predicted octanol–water partition coefficient (Wildman–Crippen LogP) is 2.59. The predicted molar refractivity (Wildman–Crippen MR) is 90.1 cm³/mol. The number of carbonyl (C=O) groups is 2. The molecule has 7 heteroatoms. The number of nitrogens with zero attached hydrogens (tertiary/aromatic N) is 2. The summed E-state index contributed by atoms with van der Waals surface area (Å²) >= 11 is 0. The minimum Gasteiger partial charge on any atom is -0.481 e. The van der Waals surface area contributed by atoms with Crippen molar-refractivity contribution in [3.63, 3.8) is 0 Å². The molecular weight excluding hydrogens is 324 g/mol. The number of non-ortho nitro benzene ring substituents is 1. The minimum absolute atomic E-state index is 0.0154. The van der Waals surface area contributed by atoms with Gasteiger partial charge in [-0.1, -0.05) is 18.6 Å². The molecule has 0 unspecified atom stereocenters. The van der Waals surface area contributed by atoms with Crippen LogP contribution in [0.3, 0.4) is 0 Å². The molecule has 25 heavy (non-hydrogen) atoms. The van der Waals surface area contributed by atoms with Crippen molar-refractivity contribution in [2.24, 2.45) is 11.3 Å². The summed E-state index contributed by atoms with van der Waals surface area (Å²) in [5.41, 5.74) is -1.01. The van der Waals surface area contributed by atoms with Crippen LogP contribution in [0.25, 0.3) is 0 Å². The lowest BCUT2D eigenvalue weighted by Crippen LogP contribution is -2.44. The molecule has 134 valence electrons. The molecule has 1 N–H and O–H groups in total. The molecule has 7 nitrogen and oxygen atoms in total.